The van der Waals surface area contributed by atoms with E-state index >= 15 is 0 Å². The molecule has 0 bridgehead atoms. The second kappa shape index (κ2) is 14.3. The summed E-state index contributed by atoms with van der Waals surface area (Å²) < 4.78 is 0. The molecule has 0 fully saturated rings. The van der Waals surface area contributed by atoms with Gasteiger partial charge < -0.3 is 0 Å². The van der Waals surface area contributed by atoms with Gasteiger partial charge in [0.25, 0.3) is 0 Å². The molecule has 2 nitrogen and oxygen atoms in total. The van der Waals surface area contributed by atoms with E-state index in [4.69, 9.17) is 4.98 Å². The second-order valence-corrected chi connectivity index (χ2v) is 14.6. The summed E-state index contributed by atoms with van der Waals surface area (Å²) in [5.41, 5.74) is 14.3. The van der Waals surface area contributed by atoms with Crippen LogP contribution in [0.2, 0.25) is 0 Å². The summed E-state index contributed by atoms with van der Waals surface area (Å²) in [5.74, 6) is 0. The van der Waals surface area contributed by atoms with Crippen LogP contribution in [-0.4, -0.2) is 11.7 Å². The summed E-state index contributed by atoms with van der Waals surface area (Å²) >= 11 is 0. The number of rotatable bonds is 7. The highest BCUT2D eigenvalue weighted by Crippen LogP contribution is 2.45. The van der Waals surface area contributed by atoms with Gasteiger partial charge in [-0.15, -0.1) is 0 Å². The molecule has 57 heavy (non-hydrogen) atoms. The predicted octanol–water partition coefficient (Wildman–Crippen LogP) is 15.4. The molecule has 10 aromatic rings. The lowest BCUT2D eigenvalue weighted by Crippen LogP contribution is -1.92. The summed E-state index contributed by atoms with van der Waals surface area (Å²) in [7, 11) is 0. The van der Waals surface area contributed by atoms with Crippen molar-refractivity contribution in [3.05, 3.63) is 200 Å². The first-order valence-corrected chi connectivity index (χ1v) is 19.4. The molecule has 0 saturated heterocycles. The zero-order valence-electron chi connectivity index (χ0n) is 31.7. The minimum atomic E-state index is 0.807. The minimum Gasteiger partial charge on any atom is -0.262 e. The Kier molecular flexibility index (Phi) is 8.58. The number of nitrogens with zero attached hydrogens (tertiary/aromatic N) is 2. The quantitative estimate of drug-likeness (QED) is 0.119. The highest BCUT2D eigenvalue weighted by Gasteiger charge is 2.18. The summed E-state index contributed by atoms with van der Waals surface area (Å²) in [6, 6.07) is 68.2. The summed E-state index contributed by atoms with van der Waals surface area (Å²) in [5, 5.41) is 8.46. The van der Waals surface area contributed by atoms with Gasteiger partial charge in [-0.2, -0.15) is 0 Å². The SMILES string of the molecule is C=Nc1c(/C=C\C)ccc2ccc(-c3ccc(-c4ccc5c(-c6ccc7ccccc7c6)c6ccccc6c(-c6ccc(-c7ccccc7)cc6)c5c4)cc3)nc12. The fraction of sp³-hybridized carbons (Fsp3) is 0.0182. The number of fused-ring (bicyclic) bond motifs is 4. The maximum Gasteiger partial charge on any atom is 0.0971 e. The lowest BCUT2D eigenvalue weighted by Gasteiger charge is -2.19. The van der Waals surface area contributed by atoms with Crippen LogP contribution in [0.25, 0.3) is 105 Å². The van der Waals surface area contributed by atoms with Crippen LogP contribution in [-0.2, 0) is 0 Å². The van der Waals surface area contributed by atoms with E-state index < -0.39 is 0 Å². The van der Waals surface area contributed by atoms with E-state index in [-0.39, 0.29) is 0 Å². The molecule has 0 unspecified atom stereocenters. The number of benzene rings is 9. The van der Waals surface area contributed by atoms with Gasteiger partial charge in [-0.05, 0) is 109 Å². The number of aliphatic imine (C=N–C) groups is 1. The lowest BCUT2D eigenvalue weighted by atomic mass is 9.84. The van der Waals surface area contributed by atoms with E-state index in [2.05, 4.69) is 206 Å². The standard InChI is InChI=1S/C55H38N2/c1-3-11-42-27-28-43-31-33-51(57-55(43)54(42)56-2)40-23-18-39(19-24-40)45-30-32-49-50(35-45)52(41-25-20-38(21-26-41)36-12-5-4-6-13-36)47-16-9-10-17-48(47)53(49)46-29-22-37-14-7-8-15-44(37)34-46/h3-35H,2H2,1H3/b11-3-. The van der Waals surface area contributed by atoms with E-state index in [9.17, 15) is 0 Å². The average molecular weight is 727 g/mol. The Morgan fingerprint density at radius 1 is 0.421 bits per heavy atom. The van der Waals surface area contributed by atoms with Crippen LogP contribution in [0.5, 0.6) is 0 Å². The maximum atomic E-state index is 5.09. The van der Waals surface area contributed by atoms with Crippen LogP contribution < -0.4 is 0 Å². The smallest absolute Gasteiger partial charge is 0.0971 e. The van der Waals surface area contributed by atoms with Crippen LogP contribution in [0.4, 0.5) is 5.69 Å². The minimum absolute atomic E-state index is 0.807. The molecule has 0 saturated carbocycles. The zero-order valence-corrected chi connectivity index (χ0v) is 31.7. The largest absolute Gasteiger partial charge is 0.262 e. The molecule has 0 aliphatic heterocycles. The molecule has 1 heterocycles. The lowest BCUT2D eigenvalue weighted by molar-refractivity contribution is 1.38. The Bertz CT molecular complexity index is 3170. The summed E-state index contributed by atoms with van der Waals surface area (Å²) in [6.45, 7) is 5.87. The van der Waals surface area contributed by atoms with Crippen molar-refractivity contribution in [2.24, 2.45) is 4.99 Å². The number of pyridine rings is 1. The third-order valence-electron chi connectivity index (χ3n) is 11.2. The first kappa shape index (κ1) is 34.1. The Labute approximate surface area is 332 Å². The predicted molar refractivity (Wildman–Crippen MR) is 245 cm³/mol. The molecule has 0 aliphatic carbocycles. The van der Waals surface area contributed by atoms with Gasteiger partial charge >= 0.3 is 0 Å². The van der Waals surface area contributed by atoms with Gasteiger partial charge in [-0.1, -0.05) is 182 Å². The second-order valence-electron chi connectivity index (χ2n) is 14.6. The van der Waals surface area contributed by atoms with Gasteiger partial charge in [0.1, 0.15) is 0 Å². The van der Waals surface area contributed by atoms with E-state index in [1.807, 2.05) is 13.0 Å². The van der Waals surface area contributed by atoms with Gasteiger partial charge in [0.05, 0.1) is 16.9 Å². The highest BCUT2D eigenvalue weighted by molar-refractivity contribution is 6.22. The molecule has 9 aromatic carbocycles. The molecule has 0 amide bonds. The molecule has 0 spiro atoms. The first-order chi connectivity index (χ1) is 28.2. The summed E-state index contributed by atoms with van der Waals surface area (Å²) in [4.78, 5) is 9.46. The van der Waals surface area contributed by atoms with Gasteiger partial charge in [0.15, 0.2) is 0 Å². The van der Waals surface area contributed by atoms with Gasteiger partial charge in [-0.3, -0.25) is 4.99 Å². The third kappa shape index (κ3) is 6.09. The molecule has 268 valence electrons. The van der Waals surface area contributed by atoms with E-state index in [1.54, 1.807) is 0 Å². The monoisotopic (exact) mass is 726 g/mol. The first-order valence-electron chi connectivity index (χ1n) is 19.4. The Morgan fingerprint density at radius 2 is 0.965 bits per heavy atom. The van der Waals surface area contributed by atoms with Gasteiger partial charge in [0.2, 0.25) is 0 Å². The van der Waals surface area contributed by atoms with Crippen LogP contribution in [0.3, 0.4) is 0 Å². The van der Waals surface area contributed by atoms with Gasteiger partial charge in [0, 0.05) is 16.5 Å². The molecular weight excluding hydrogens is 689 g/mol. The van der Waals surface area contributed by atoms with Crippen LogP contribution in [0, 0.1) is 0 Å². The summed E-state index contributed by atoms with van der Waals surface area (Å²) in [6.07, 6.45) is 4.07. The normalized spacial score (nSPS) is 11.6. The molecule has 2 heteroatoms. The molecular formula is C55H38N2. The Balaban J connectivity index is 1.14. The molecule has 0 aliphatic rings. The zero-order chi connectivity index (χ0) is 38.3. The van der Waals surface area contributed by atoms with Crippen molar-refractivity contribution in [1.82, 2.24) is 4.98 Å². The van der Waals surface area contributed by atoms with E-state index in [1.165, 1.54) is 65.7 Å². The number of hydrogen-bond acceptors (Lipinski definition) is 2. The molecule has 0 N–H and O–H groups in total. The van der Waals surface area contributed by atoms with E-state index in [0.29, 0.717) is 0 Å². The van der Waals surface area contributed by atoms with Crippen molar-refractivity contribution in [1.29, 1.82) is 0 Å². The van der Waals surface area contributed by atoms with Crippen molar-refractivity contribution in [3.63, 3.8) is 0 Å². The fourth-order valence-corrected chi connectivity index (χ4v) is 8.45. The molecule has 10 rings (SSSR count). The maximum absolute atomic E-state index is 5.09. The van der Waals surface area contributed by atoms with Crippen LogP contribution in [0.15, 0.2) is 199 Å². The number of allylic oxidation sites excluding steroid dienone is 1. The van der Waals surface area contributed by atoms with Gasteiger partial charge in [-0.25, -0.2) is 4.98 Å². The fourth-order valence-electron chi connectivity index (χ4n) is 8.45. The van der Waals surface area contributed by atoms with Crippen molar-refractivity contribution >= 4 is 61.7 Å². The molecule has 0 atom stereocenters. The van der Waals surface area contributed by atoms with Crippen LogP contribution >= 0.6 is 0 Å². The van der Waals surface area contributed by atoms with E-state index in [0.717, 1.165) is 44.5 Å². The topological polar surface area (TPSA) is 25.2 Å². The molecule has 1 aromatic heterocycles. The van der Waals surface area contributed by atoms with Crippen molar-refractivity contribution in [3.8, 4) is 55.8 Å². The van der Waals surface area contributed by atoms with Crippen LogP contribution in [0.1, 0.15) is 12.5 Å². The van der Waals surface area contributed by atoms with Crippen molar-refractivity contribution in [2.75, 3.05) is 0 Å². The number of hydrogen-bond donors (Lipinski definition) is 0. The molecule has 0 radical (unpaired) electrons. The average Bonchev–Trinajstić information content (AvgIpc) is 3.28. The highest BCUT2D eigenvalue weighted by atomic mass is 14.8. The third-order valence-corrected chi connectivity index (χ3v) is 11.2. The Morgan fingerprint density at radius 3 is 1.70 bits per heavy atom. The number of aromatic nitrogens is 1. The van der Waals surface area contributed by atoms with Crippen molar-refractivity contribution < 1.29 is 0 Å². The Hall–Kier alpha value is -7.42. The van der Waals surface area contributed by atoms with Crippen molar-refractivity contribution in [2.45, 2.75) is 6.92 Å².